The lowest BCUT2D eigenvalue weighted by atomic mass is 10.2. The molecule has 0 aromatic heterocycles. The summed E-state index contributed by atoms with van der Waals surface area (Å²) >= 11 is 0. The van der Waals surface area contributed by atoms with Crippen molar-refractivity contribution in [1.82, 2.24) is 5.32 Å². The Morgan fingerprint density at radius 2 is 2.20 bits per heavy atom. The van der Waals surface area contributed by atoms with Gasteiger partial charge in [0.1, 0.15) is 18.2 Å². The third-order valence-corrected chi connectivity index (χ3v) is 1.77. The Balaban J connectivity index is 2.48. The van der Waals surface area contributed by atoms with Crippen molar-refractivity contribution in [3.05, 3.63) is 0 Å². The van der Waals surface area contributed by atoms with Crippen LogP contribution in [0.5, 0.6) is 0 Å². The largest absolute Gasteiger partial charge is 0.462 e. The molecule has 0 aromatic rings. The van der Waals surface area contributed by atoms with E-state index in [4.69, 9.17) is 10.5 Å². The lowest BCUT2D eigenvalue weighted by molar-refractivity contribution is -0.139. The predicted octanol–water partition coefficient (Wildman–Crippen LogP) is -0.236. The van der Waals surface area contributed by atoms with Gasteiger partial charge in [-0.25, -0.2) is 9.59 Å². The first-order valence-electron chi connectivity index (χ1n) is 4.71. The lowest BCUT2D eigenvalue weighted by Crippen LogP contribution is -2.49. The third kappa shape index (κ3) is 3.39. The summed E-state index contributed by atoms with van der Waals surface area (Å²) in [4.78, 5) is 22.4. The van der Waals surface area contributed by atoms with Gasteiger partial charge in [0.15, 0.2) is 0 Å². The van der Waals surface area contributed by atoms with E-state index in [1.807, 2.05) is 0 Å². The van der Waals surface area contributed by atoms with E-state index in [1.165, 1.54) is 0 Å². The molecule has 0 radical (unpaired) electrons. The average Bonchev–Trinajstić information content (AvgIpc) is 2.32. The van der Waals surface area contributed by atoms with Crippen molar-refractivity contribution in [1.29, 1.82) is 0 Å². The van der Waals surface area contributed by atoms with Crippen LogP contribution in [0.1, 0.15) is 20.8 Å². The van der Waals surface area contributed by atoms with Gasteiger partial charge >= 0.3 is 12.1 Å². The number of esters is 1. The number of hydrogen-bond donors (Lipinski definition) is 2. The molecule has 0 unspecified atom stereocenters. The molecule has 0 saturated carbocycles. The minimum absolute atomic E-state index is 0.124. The predicted molar refractivity (Wildman–Crippen MR) is 52.1 cm³/mol. The smallest absolute Gasteiger partial charge is 0.408 e. The molecule has 0 spiro atoms. The fraction of sp³-hybridized carbons (Fsp3) is 0.778. The van der Waals surface area contributed by atoms with Gasteiger partial charge < -0.3 is 20.5 Å². The molecule has 1 fully saturated rings. The highest BCUT2D eigenvalue weighted by Crippen LogP contribution is 2.09. The first-order valence-corrected chi connectivity index (χ1v) is 4.71. The van der Waals surface area contributed by atoms with E-state index in [0.717, 1.165) is 0 Å². The molecule has 15 heavy (non-hydrogen) atoms. The topological polar surface area (TPSA) is 90.6 Å². The Morgan fingerprint density at radius 1 is 1.60 bits per heavy atom. The molecule has 6 heteroatoms. The van der Waals surface area contributed by atoms with Gasteiger partial charge in [0.05, 0.1) is 6.04 Å². The summed E-state index contributed by atoms with van der Waals surface area (Å²) in [6.07, 6.45) is -0.665. The highest BCUT2D eigenvalue weighted by molar-refractivity contribution is 5.83. The Hall–Kier alpha value is -1.30. The molecule has 0 aliphatic carbocycles. The van der Waals surface area contributed by atoms with Crippen molar-refractivity contribution >= 4 is 12.1 Å². The van der Waals surface area contributed by atoms with Crippen LogP contribution in [0.2, 0.25) is 0 Å². The van der Waals surface area contributed by atoms with Crippen molar-refractivity contribution in [2.24, 2.45) is 5.73 Å². The zero-order chi connectivity index (χ0) is 11.6. The molecule has 1 amide bonds. The van der Waals surface area contributed by atoms with Crippen LogP contribution in [0.15, 0.2) is 0 Å². The second-order valence-corrected chi connectivity index (χ2v) is 4.42. The Kier molecular flexibility index (Phi) is 3.18. The minimum Gasteiger partial charge on any atom is -0.462 e. The van der Waals surface area contributed by atoms with E-state index in [0.29, 0.717) is 0 Å². The molecule has 1 rings (SSSR count). The number of hydrogen-bond acceptors (Lipinski definition) is 5. The lowest BCUT2D eigenvalue weighted by Gasteiger charge is -2.21. The minimum atomic E-state index is -0.806. The van der Waals surface area contributed by atoms with Crippen LogP contribution in [0.4, 0.5) is 4.79 Å². The maximum absolute atomic E-state index is 11.3. The fourth-order valence-corrected chi connectivity index (χ4v) is 1.14. The van der Waals surface area contributed by atoms with E-state index in [-0.39, 0.29) is 6.61 Å². The number of amides is 1. The highest BCUT2D eigenvalue weighted by atomic mass is 16.6. The van der Waals surface area contributed by atoms with E-state index < -0.39 is 29.7 Å². The van der Waals surface area contributed by atoms with Gasteiger partial charge in [0, 0.05) is 0 Å². The van der Waals surface area contributed by atoms with Crippen molar-refractivity contribution in [2.75, 3.05) is 6.61 Å². The zero-order valence-corrected chi connectivity index (χ0v) is 9.07. The quantitative estimate of drug-likeness (QED) is 0.590. The SMILES string of the molecule is CC(C)(C)OC(=O)N[C@@H]1C(=O)OC[C@H]1N. The fourth-order valence-electron chi connectivity index (χ4n) is 1.14. The Bertz CT molecular complexity index is 272. The first-order chi connectivity index (χ1) is 6.79. The number of carbonyl (C=O) groups is 2. The van der Waals surface area contributed by atoms with E-state index >= 15 is 0 Å². The summed E-state index contributed by atoms with van der Waals surface area (Å²) in [7, 11) is 0. The Morgan fingerprint density at radius 3 is 2.60 bits per heavy atom. The third-order valence-electron chi connectivity index (χ3n) is 1.77. The van der Waals surface area contributed by atoms with Crippen molar-refractivity contribution in [3.8, 4) is 0 Å². The molecular weight excluding hydrogens is 200 g/mol. The van der Waals surface area contributed by atoms with Gasteiger partial charge in [-0.05, 0) is 20.8 Å². The molecule has 0 bridgehead atoms. The van der Waals surface area contributed by atoms with Gasteiger partial charge in [-0.1, -0.05) is 0 Å². The van der Waals surface area contributed by atoms with E-state index in [1.54, 1.807) is 20.8 Å². The molecular formula is C9H16N2O4. The standard InChI is InChI=1S/C9H16N2O4/c1-9(2,3)15-8(13)11-6-5(10)4-14-7(6)12/h5-6H,4,10H2,1-3H3,(H,11,13)/t5-,6+/m1/s1. The molecule has 2 atom stereocenters. The van der Waals surface area contributed by atoms with Crippen LogP contribution in [0.25, 0.3) is 0 Å². The van der Waals surface area contributed by atoms with Crippen LogP contribution in [0.3, 0.4) is 0 Å². The summed E-state index contributed by atoms with van der Waals surface area (Å²) in [5.41, 5.74) is 4.96. The number of ether oxygens (including phenoxy) is 2. The second-order valence-electron chi connectivity index (χ2n) is 4.42. The van der Waals surface area contributed by atoms with Crippen LogP contribution in [-0.2, 0) is 14.3 Å². The van der Waals surface area contributed by atoms with Crippen LogP contribution < -0.4 is 11.1 Å². The van der Waals surface area contributed by atoms with Crippen molar-refractivity contribution in [2.45, 2.75) is 38.5 Å². The molecule has 1 aliphatic rings. The molecule has 3 N–H and O–H groups in total. The molecule has 0 aromatic carbocycles. The summed E-state index contributed by atoms with van der Waals surface area (Å²) in [6, 6.07) is -1.31. The van der Waals surface area contributed by atoms with Gasteiger partial charge in [0.25, 0.3) is 0 Å². The summed E-state index contributed by atoms with van der Waals surface area (Å²) < 4.78 is 9.66. The Labute approximate surface area is 88.1 Å². The van der Waals surface area contributed by atoms with Crippen molar-refractivity contribution in [3.63, 3.8) is 0 Å². The van der Waals surface area contributed by atoms with Crippen LogP contribution in [-0.4, -0.2) is 36.4 Å². The molecule has 1 saturated heterocycles. The number of rotatable bonds is 1. The summed E-state index contributed by atoms with van der Waals surface area (Å²) in [5.74, 6) is -0.520. The van der Waals surface area contributed by atoms with Gasteiger partial charge in [-0.3, -0.25) is 0 Å². The van der Waals surface area contributed by atoms with E-state index in [2.05, 4.69) is 10.1 Å². The molecule has 1 aliphatic heterocycles. The molecule has 1 heterocycles. The maximum atomic E-state index is 11.3. The summed E-state index contributed by atoms with van der Waals surface area (Å²) in [6.45, 7) is 5.33. The highest BCUT2D eigenvalue weighted by Gasteiger charge is 2.36. The monoisotopic (exact) mass is 216 g/mol. The van der Waals surface area contributed by atoms with Gasteiger partial charge in [-0.2, -0.15) is 0 Å². The maximum Gasteiger partial charge on any atom is 0.408 e. The van der Waals surface area contributed by atoms with Crippen molar-refractivity contribution < 1.29 is 19.1 Å². The zero-order valence-electron chi connectivity index (χ0n) is 9.07. The molecule has 6 nitrogen and oxygen atoms in total. The number of carbonyl (C=O) groups excluding carboxylic acids is 2. The molecule has 86 valence electrons. The van der Waals surface area contributed by atoms with Crippen LogP contribution >= 0.6 is 0 Å². The van der Waals surface area contributed by atoms with Gasteiger partial charge in [0.2, 0.25) is 0 Å². The number of nitrogens with two attached hydrogens (primary N) is 1. The number of cyclic esters (lactones) is 1. The van der Waals surface area contributed by atoms with Crippen LogP contribution in [0, 0.1) is 0 Å². The van der Waals surface area contributed by atoms with E-state index in [9.17, 15) is 9.59 Å². The second kappa shape index (κ2) is 4.06. The number of alkyl carbamates (subject to hydrolysis) is 1. The first kappa shape index (κ1) is 11.8. The normalized spacial score (nSPS) is 26.0. The average molecular weight is 216 g/mol. The summed E-state index contributed by atoms with van der Waals surface area (Å²) in [5, 5.41) is 2.37. The van der Waals surface area contributed by atoms with Gasteiger partial charge in [-0.15, -0.1) is 0 Å². The number of nitrogens with one attached hydrogen (secondary N) is 1.